The molecule has 1 amide bonds. The minimum Gasteiger partial charge on any atom is -0.497 e. The molecule has 1 aromatic carbocycles. The zero-order valence-corrected chi connectivity index (χ0v) is 10.7. The van der Waals surface area contributed by atoms with E-state index < -0.39 is 0 Å². The molecular weight excluding hydrogens is 234 g/mol. The van der Waals surface area contributed by atoms with Crippen LogP contribution in [0.1, 0.15) is 12.0 Å². The van der Waals surface area contributed by atoms with Crippen LogP contribution in [0.2, 0.25) is 0 Å². The highest BCUT2D eigenvalue weighted by molar-refractivity contribution is 5.75. The summed E-state index contributed by atoms with van der Waals surface area (Å²) < 4.78 is 10.4. The molecule has 0 unspecified atom stereocenters. The summed E-state index contributed by atoms with van der Waals surface area (Å²) in [5, 5.41) is 11.3. The molecular formula is C13H19NO4. The van der Waals surface area contributed by atoms with Gasteiger partial charge in [0.15, 0.2) is 0 Å². The van der Waals surface area contributed by atoms with Crippen molar-refractivity contribution in [1.82, 2.24) is 5.32 Å². The van der Waals surface area contributed by atoms with E-state index in [1.54, 1.807) is 14.2 Å². The van der Waals surface area contributed by atoms with Gasteiger partial charge < -0.3 is 19.9 Å². The Morgan fingerprint density at radius 3 is 2.72 bits per heavy atom. The molecule has 18 heavy (non-hydrogen) atoms. The van der Waals surface area contributed by atoms with E-state index in [-0.39, 0.29) is 18.9 Å². The summed E-state index contributed by atoms with van der Waals surface area (Å²) in [6.45, 7) is 0.372. The molecule has 2 N–H and O–H groups in total. The average Bonchev–Trinajstić information content (AvgIpc) is 2.39. The smallest absolute Gasteiger partial charge is 0.222 e. The minimum atomic E-state index is -0.153. The van der Waals surface area contributed by atoms with Crippen molar-refractivity contribution < 1.29 is 19.4 Å². The topological polar surface area (TPSA) is 67.8 Å². The third-order valence-electron chi connectivity index (χ3n) is 2.54. The van der Waals surface area contributed by atoms with Gasteiger partial charge in [-0.1, -0.05) is 0 Å². The molecule has 0 atom stereocenters. The second-order valence-electron chi connectivity index (χ2n) is 3.75. The second-order valence-corrected chi connectivity index (χ2v) is 3.75. The van der Waals surface area contributed by atoms with E-state index in [9.17, 15) is 4.79 Å². The Balaban J connectivity index is 2.57. The molecule has 0 heterocycles. The highest BCUT2D eigenvalue weighted by Crippen LogP contribution is 2.23. The number of nitrogens with one attached hydrogen (secondary N) is 1. The SMILES string of the molecule is COc1ccc(OC)c(CCNC(=O)CCO)c1. The zero-order chi connectivity index (χ0) is 13.4. The van der Waals surface area contributed by atoms with Crippen LogP contribution in [-0.4, -0.2) is 38.4 Å². The number of aliphatic hydroxyl groups excluding tert-OH is 1. The van der Waals surface area contributed by atoms with E-state index in [0.717, 1.165) is 17.1 Å². The number of aliphatic hydroxyl groups is 1. The van der Waals surface area contributed by atoms with Gasteiger partial charge in [0.1, 0.15) is 11.5 Å². The quantitative estimate of drug-likeness (QED) is 0.752. The monoisotopic (exact) mass is 253 g/mol. The van der Waals surface area contributed by atoms with E-state index in [0.29, 0.717) is 13.0 Å². The number of methoxy groups -OCH3 is 2. The van der Waals surface area contributed by atoms with Gasteiger partial charge in [0.2, 0.25) is 5.91 Å². The van der Waals surface area contributed by atoms with Crippen molar-refractivity contribution in [3.63, 3.8) is 0 Å². The zero-order valence-electron chi connectivity index (χ0n) is 10.7. The van der Waals surface area contributed by atoms with E-state index in [1.165, 1.54) is 0 Å². The molecule has 1 aromatic rings. The molecule has 0 bridgehead atoms. The summed E-state index contributed by atoms with van der Waals surface area (Å²) >= 11 is 0. The maximum atomic E-state index is 11.2. The molecule has 0 aliphatic heterocycles. The number of amides is 1. The van der Waals surface area contributed by atoms with Crippen molar-refractivity contribution in [3.05, 3.63) is 23.8 Å². The Morgan fingerprint density at radius 2 is 2.11 bits per heavy atom. The molecule has 0 aliphatic carbocycles. The molecule has 0 fully saturated rings. The predicted molar refractivity (Wildman–Crippen MR) is 68.0 cm³/mol. The van der Waals surface area contributed by atoms with Crippen LogP contribution in [0.5, 0.6) is 11.5 Å². The molecule has 100 valence electrons. The number of rotatable bonds is 7. The number of hydrogen-bond donors (Lipinski definition) is 2. The van der Waals surface area contributed by atoms with Gasteiger partial charge in [-0.2, -0.15) is 0 Å². The molecule has 5 nitrogen and oxygen atoms in total. The molecule has 0 saturated heterocycles. The van der Waals surface area contributed by atoms with Crippen molar-refractivity contribution in [2.45, 2.75) is 12.8 Å². The third kappa shape index (κ3) is 4.25. The van der Waals surface area contributed by atoms with E-state index in [2.05, 4.69) is 5.32 Å². The lowest BCUT2D eigenvalue weighted by atomic mass is 10.1. The fraction of sp³-hybridized carbons (Fsp3) is 0.462. The van der Waals surface area contributed by atoms with Crippen molar-refractivity contribution in [2.75, 3.05) is 27.4 Å². The Morgan fingerprint density at radius 1 is 1.33 bits per heavy atom. The number of carbonyl (C=O) groups excluding carboxylic acids is 1. The van der Waals surface area contributed by atoms with Gasteiger partial charge in [-0.3, -0.25) is 4.79 Å². The van der Waals surface area contributed by atoms with Crippen LogP contribution >= 0.6 is 0 Å². The minimum absolute atomic E-state index is 0.131. The molecule has 0 aromatic heterocycles. The van der Waals surface area contributed by atoms with Gasteiger partial charge in [-0.15, -0.1) is 0 Å². The number of hydrogen-bond acceptors (Lipinski definition) is 4. The predicted octanol–water partition coefficient (Wildman–Crippen LogP) is 0.745. The van der Waals surface area contributed by atoms with Gasteiger partial charge in [0, 0.05) is 13.0 Å². The van der Waals surface area contributed by atoms with Gasteiger partial charge in [0.25, 0.3) is 0 Å². The van der Waals surface area contributed by atoms with Crippen LogP contribution in [-0.2, 0) is 11.2 Å². The van der Waals surface area contributed by atoms with Crippen LogP contribution in [0.3, 0.4) is 0 Å². The van der Waals surface area contributed by atoms with Gasteiger partial charge in [-0.25, -0.2) is 0 Å². The molecule has 0 aliphatic rings. The normalized spacial score (nSPS) is 9.94. The van der Waals surface area contributed by atoms with Crippen molar-refractivity contribution in [2.24, 2.45) is 0 Å². The highest BCUT2D eigenvalue weighted by atomic mass is 16.5. The average molecular weight is 253 g/mol. The Kier molecular flexibility index (Phi) is 6.00. The standard InChI is InChI=1S/C13H19NO4/c1-17-11-3-4-12(18-2)10(9-11)5-7-14-13(16)6-8-15/h3-4,9,15H,5-8H2,1-2H3,(H,14,16). The first-order valence-electron chi connectivity index (χ1n) is 5.79. The van der Waals surface area contributed by atoms with Crippen molar-refractivity contribution in [1.29, 1.82) is 0 Å². The number of ether oxygens (including phenoxy) is 2. The Bertz CT molecular complexity index is 393. The molecule has 0 saturated carbocycles. The summed E-state index contributed by atoms with van der Waals surface area (Å²) in [5.74, 6) is 1.37. The first kappa shape index (κ1) is 14.3. The first-order chi connectivity index (χ1) is 8.71. The van der Waals surface area contributed by atoms with Crippen LogP contribution in [0.4, 0.5) is 0 Å². The van der Waals surface area contributed by atoms with Crippen molar-refractivity contribution >= 4 is 5.91 Å². The fourth-order valence-electron chi connectivity index (χ4n) is 1.60. The van der Waals surface area contributed by atoms with E-state index >= 15 is 0 Å². The fourth-order valence-corrected chi connectivity index (χ4v) is 1.60. The maximum absolute atomic E-state index is 11.2. The number of carbonyl (C=O) groups is 1. The summed E-state index contributed by atoms with van der Waals surface area (Å²) in [6.07, 6.45) is 0.785. The Labute approximate surface area is 107 Å². The maximum Gasteiger partial charge on any atom is 0.222 e. The lowest BCUT2D eigenvalue weighted by Gasteiger charge is -2.11. The van der Waals surface area contributed by atoms with E-state index in [1.807, 2.05) is 18.2 Å². The van der Waals surface area contributed by atoms with Crippen LogP contribution in [0.15, 0.2) is 18.2 Å². The highest BCUT2D eigenvalue weighted by Gasteiger charge is 2.06. The summed E-state index contributed by atoms with van der Waals surface area (Å²) in [7, 11) is 3.21. The second kappa shape index (κ2) is 7.55. The van der Waals surface area contributed by atoms with Crippen molar-refractivity contribution in [3.8, 4) is 11.5 Å². The van der Waals surface area contributed by atoms with Gasteiger partial charge in [-0.05, 0) is 30.2 Å². The first-order valence-corrected chi connectivity index (χ1v) is 5.79. The van der Waals surface area contributed by atoms with Crippen LogP contribution in [0, 0.1) is 0 Å². The molecule has 0 radical (unpaired) electrons. The summed E-state index contributed by atoms with van der Waals surface area (Å²) in [5.41, 5.74) is 0.973. The summed E-state index contributed by atoms with van der Waals surface area (Å²) in [4.78, 5) is 11.2. The van der Waals surface area contributed by atoms with Gasteiger partial charge in [0.05, 0.1) is 20.8 Å². The van der Waals surface area contributed by atoms with Crippen LogP contribution < -0.4 is 14.8 Å². The molecule has 0 spiro atoms. The number of benzene rings is 1. The summed E-state index contributed by atoms with van der Waals surface area (Å²) in [6, 6.07) is 5.55. The van der Waals surface area contributed by atoms with Crippen LogP contribution in [0.25, 0.3) is 0 Å². The lowest BCUT2D eigenvalue weighted by molar-refractivity contribution is -0.121. The third-order valence-corrected chi connectivity index (χ3v) is 2.54. The Hall–Kier alpha value is -1.75. The van der Waals surface area contributed by atoms with Gasteiger partial charge >= 0.3 is 0 Å². The van der Waals surface area contributed by atoms with E-state index in [4.69, 9.17) is 14.6 Å². The molecule has 5 heteroatoms. The lowest BCUT2D eigenvalue weighted by Crippen LogP contribution is -2.26. The molecule has 1 rings (SSSR count). The largest absolute Gasteiger partial charge is 0.497 e.